The maximum atomic E-state index is 12.3. The van der Waals surface area contributed by atoms with Crippen molar-refractivity contribution in [1.29, 1.82) is 31.6 Å². The molecule has 8 rings (SSSR count). The predicted molar refractivity (Wildman–Crippen MR) is 329 cm³/mol. The van der Waals surface area contributed by atoms with Crippen molar-refractivity contribution in [2.75, 3.05) is 61.7 Å². The van der Waals surface area contributed by atoms with Crippen LogP contribution in [0.2, 0.25) is 10.3 Å². The van der Waals surface area contributed by atoms with Crippen LogP contribution in [0.25, 0.3) is 11.1 Å². The van der Waals surface area contributed by atoms with Crippen molar-refractivity contribution in [2.24, 2.45) is 5.73 Å². The smallest absolute Gasteiger partial charge is 0.407 e. The fraction of sp³-hybridized carbons (Fsp3) is 0.254. The molecule has 448 valence electrons. The molecule has 0 bridgehead atoms. The van der Waals surface area contributed by atoms with Crippen LogP contribution in [0.3, 0.4) is 0 Å². The lowest BCUT2D eigenvalue weighted by Gasteiger charge is -2.24. The lowest BCUT2D eigenvalue weighted by Crippen LogP contribution is -2.29. The van der Waals surface area contributed by atoms with Crippen molar-refractivity contribution in [3.05, 3.63) is 187 Å². The molecule has 0 aliphatic carbocycles. The van der Waals surface area contributed by atoms with Gasteiger partial charge in [-0.1, -0.05) is 96.0 Å². The van der Waals surface area contributed by atoms with Crippen molar-refractivity contribution < 1.29 is 33.6 Å². The number of aliphatic hydroxyl groups is 1. The number of benzene rings is 4. The van der Waals surface area contributed by atoms with E-state index in [1.807, 2.05) is 121 Å². The van der Waals surface area contributed by atoms with Crippen LogP contribution in [-0.4, -0.2) is 82.7 Å². The van der Waals surface area contributed by atoms with Crippen LogP contribution in [0, 0.1) is 68.0 Å². The maximum Gasteiger partial charge on any atom is 0.407 e. The summed E-state index contributed by atoms with van der Waals surface area (Å²) in [6.07, 6.45) is -0.540. The Bertz CT molecular complexity index is 3830. The van der Waals surface area contributed by atoms with Crippen molar-refractivity contribution >= 4 is 63.7 Å². The van der Waals surface area contributed by atoms with Gasteiger partial charge >= 0.3 is 6.09 Å². The zero-order chi connectivity index (χ0) is 64.1. The van der Waals surface area contributed by atoms with Gasteiger partial charge in [-0.3, -0.25) is 0 Å². The number of nitrogens with two attached hydrogens (primary N) is 3. The third kappa shape index (κ3) is 17.6. The van der Waals surface area contributed by atoms with Crippen molar-refractivity contribution in [3.63, 3.8) is 0 Å². The number of ether oxygens (including phenoxy) is 5. The number of nitrogen functional groups attached to an aromatic ring is 2. The standard InChI is InChI=1S/C32H29ClN8O4.C19H18N4O2.C12H13ClN4O/c1-32(2)28(25(17-36)29(45-32)23(15-34)16-35)22-8-10-24(11-9-22)41(3)12-13-43-31(42)38-18-20-4-6-21(7-5-20)19-44-27-14-26(33)39-30(37)40-27;1-19(2)17(16(12-22)18(25-19)14(10-20)11-21)13-4-6-15(7-5-13)23(3)8-9-24;13-10-5-11(17-12(15)16-10)18-7-9-3-1-8(6-14)2-4-9/h4-11,14H,12-13,18-19H2,1-3H3,(H,38,42)(H2,37,39,40);4-7,24H,8-9H2,1-3H3;1-5H,6-7,14H2,(H2,15,16,17). The number of amides is 1. The SMILES string of the molecule is CN(CCO)c1ccc(C2=C(C#N)C(=C(C#N)C#N)OC2(C)C)cc1.CN(CCOC(=O)NCc1ccc(COc2cc(Cl)nc(N)n2)cc1)c1ccc(C2=C(C#N)C(=C(C#N)C#N)OC2(C)C)cc1.NCc1ccc(COc2cc(Cl)nc(N)n2)cc1. The second-order valence-corrected chi connectivity index (χ2v) is 20.9. The second kappa shape index (κ2) is 30.8. The Labute approximate surface area is 519 Å². The Morgan fingerprint density at radius 1 is 0.602 bits per heavy atom. The number of nitrogens with one attached hydrogen (secondary N) is 1. The van der Waals surface area contributed by atoms with Crippen molar-refractivity contribution in [1.82, 2.24) is 25.3 Å². The number of rotatable bonds is 18. The number of aliphatic hydroxyl groups excluding tert-OH is 1. The molecule has 0 saturated carbocycles. The quantitative estimate of drug-likeness (QED) is 0.0395. The largest absolute Gasteiger partial charge is 0.480 e. The maximum absolute atomic E-state index is 12.3. The molecule has 0 radical (unpaired) electrons. The zero-order valence-corrected chi connectivity index (χ0v) is 50.3. The summed E-state index contributed by atoms with van der Waals surface area (Å²) < 4.78 is 28.1. The van der Waals surface area contributed by atoms with E-state index in [1.54, 1.807) is 52.0 Å². The van der Waals surface area contributed by atoms with Gasteiger partial charge in [-0.2, -0.15) is 41.5 Å². The van der Waals surface area contributed by atoms with E-state index in [1.165, 1.54) is 12.1 Å². The molecule has 88 heavy (non-hydrogen) atoms. The number of hydrogen-bond donors (Lipinski definition) is 5. The summed E-state index contributed by atoms with van der Waals surface area (Å²) >= 11 is 11.6. The van der Waals surface area contributed by atoms with Gasteiger partial charge in [0.2, 0.25) is 23.7 Å². The van der Waals surface area contributed by atoms with Gasteiger partial charge in [-0.05, 0) is 85.3 Å². The predicted octanol–water partition coefficient (Wildman–Crippen LogP) is 9.29. The zero-order valence-electron chi connectivity index (χ0n) is 48.8. The van der Waals surface area contributed by atoms with Crippen LogP contribution in [-0.2, 0) is 40.5 Å². The molecular formula is C63H60Cl2N16O7. The summed E-state index contributed by atoms with van der Waals surface area (Å²) in [6.45, 7) is 9.78. The van der Waals surface area contributed by atoms with E-state index in [4.69, 9.17) is 79.7 Å². The molecule has 2 aliphatic rings. The summed E-state index contributed by atoms with van der Waals surface area (Å²) in [5, 5.41) is 68.4. The van der Waals surface area contributed by atoms with E-state index in [0.29, 0.717) is 43.3 Å². The van der Waals surface area contributed by atoms with Gasteiger partial charge in [-0.25, -0.2) is 14.8 Å². The number of allylic oxidation sites excluding steroid dienone is 4. The van der Waals surface area contributed by atoms with E-state index in [9.17, 15) is 25.8 Å². The molecule has 2 aromatic heterocycles. The highest BCUT2D eigenvalue weighted by atomic mass is 35.5. The fourth-order valence-electron chi connectivity index (χ4n) is 8.83. The third-order valence-electron chi connectivity index (χ3n) is 13.2. The fourth-order valence-corrected chi connectivity index (χ4v) is 9.19. The molecule has 6 aromatic rings. The van der Waals surface area contributed by atoms with E-state index in [-0.39, 0.29) is 88.3 Å². The third-order valence-corrected chi connectivity index (χ3v) is 13.5. The second-order valence-electron chi connectivity index (χ2n) is 20.1. The molecule has 2 aliphatic heterocycles. The highest BCUT2D eigenvalue weighted by molar-refractivity contribution is 6.29. The van der Waals surface area contributed by atoms with Crippen LogP contribution in [0.4, 0.5) is 28.1 Å². The molecule has 0 atom stereocenters. The van der Waals surface area contributed by atoms with Gasteiger partial charge < -0.3 is 61.1 Å². The van der Waals surface area contributed by atoms with Gasteiger partial charge in [0, 0.05) is 68.4 Å². The number of anilines is 4. The molecule has 1 amide bonds. The van der Waals surface area contributed by atoms with Gasteiger partial charge in [0.15, 0.2) is 22.7 Å². The minimum atomic E-state index is -0.909. The Morgan fingerprint density at radius 2 is 0.989 bits per heavy atom. The summed E-state index contributed by atoms with van der Waals surface area (Å²) in [5.41, 5.74) is 23.1. The summed E-state index contributed by atoms with van der Waals surface area (Å²) in [4.78, 5) is 31.5. The van der Waals surface area contributed by atoms with Gasteiger partial charge in [0.05, 0.1) is 13.2 Å². The normalized spacial score (nSPS) is 13.1. The number of hydrogen-bond acceptors (Lipinski definition) is 22. The topological polar surface area (TPSA) is 374 Å². The number of carbonyl (C=O) groups is 1. The number of alkyl carbamates (subject to hydrolysis) is 1. The molecule has 0 unspecified atom stereocenters. The molecule has 0 fully saturated rings. The van der Waals surface area contributed by atoms with Crippen LogP contribution in [0.15, 0.2) is 143 Å². The van der Waals surface area contributed by atoms with E-state index < -0.39 is 17.3 Å². The summed E-state index contributed by atoms with van der Waals surface area (Å²) in [7, 11) is 3.74. The lowest BCUT2D eigenvalue weighted by molar-refractivity contribution is 0.109. The van der Waals surface area contributed by atoms with E-state index in [2.05, 4.69) is 37.4 Å². The highest BCUT2D eigenvalue weighted by Crippen LogP contribution is 2.46. The number of nitrogens with zero attached hydrogens (tertiary/aromatic N) is 12. The first-order valence-electron chi connectivity index (χ1n) is 26.7. The average Bonchev–Trinajstić information content (AvgIpc) is 1.76. The molecule has 8 N–H and O–H groups in total. The number of halogens is 2. The monoisotopic (exact) mass is 1220 g/mol. The Morgan fingerprint density at radius 3 is 1.35 bits per heavy atom. The molecular weight excluding hydrogens is 1160 g/mol. The van der Waals surface area contributed by atoms with Crippen LogP contribution in [0.5, 0.6) is 11.8 Å². The number of carbonyl (C=O) groups excluding carboxylic acids is 1. The summed E-state index contributed by atoms with van der Waals surface area (Å²) in [6, 6.07) is 44.6. The Hall–Kier alpha value is -10.9. The first-order valence-corrected chi connectivity index (χ1v) is 27.5. The van der Waals surface area contributed by atoms with E-state index in [0.717, 1.165) is 44.8 Å². The lowest BCUT2D eigenvalue weighted by atomic mass is 9.89. The molecule has 4 aromatic carbocycles. The van der Waals surface area contributed by atoms with Crippen molar-refractivity contribution in [2.45, 2.75) is 65.2 Å². The van der Waals surface area contributed by atoms with E-state index >= 15 is 0 Å². The van der Waals surface area contributed by atoms with Gasteiger partial charge in [0.25, 0.3) is 0 Å². The number of nitriles is 6. The van der Waals surface area contributed by atoms with Crippen molar-refractivity contribution in [3.8, 4) is 48.2 Å². The molecule has 0 saturated heterocycles. The minimum absolute atomic E-state index is 0.00198. The van der Waals surface area contributed by atoms with Gasteiger partial charge in [0.1, 0.15) is 88.9 Å². The Balaban J connectivity index is 0.000000239. The van der Waals surface area contributed by atoms with Crippen LogP contribution >= 0.6 is 23.2 Å². The molecule has 25 heteroatoms. The number of aromatic nitrogens is 4. The molecule has 0 spiro atoms. The average molecular weight is 1220 g/mol. The van der Waals surface area contributed by atoms with Gasteiger partial charge in [-0.15, -0.1) is 0 Å². The minimum Gasteiger partial charge on any atom is -0.480 e. The Kier molecular flexibility index (Phi) is 23.2. The highest BCUT2D eigenvalue weighted by Gasteiger charge is 2.42. The molecule has 4 heterocycles. The first kappa shape index (κ1) is 66.3. The summed E-state index contributed by atoms with van der Waals surface area (Å²) in [5.74, 6) is 0.791. The first-order chi connectivity index (χ1) is 42.1. The van der Waals surface area contributed by atoms with Crippen LogP contribution < -0.4 is 41.8 Å². The number of likely N-dealkylation sites (N-methyl/N-ethyl adjacent to an activating group) is 2. The molecule has 23 nitrogen and oxygen atoms in total. The van der Waals surface area contributed by atoms with Crippen LogP contribution in [0.1, 0.15) is 61.1 Å².